The molecule has 0 saturated carbocycles. The third-order valence-corrected chi connectivity index (χ3v) is 4.03. The molecule has 0 radical (unpaired) electrons. The summed E-state index contributed by atoms with van der Waals surface area (Å²) in [6, 6.07) is 5.01. The highest BCUT2D eigenvalue weighted by Gasteiger charge is 2.33. The summed E-state index contributed by atoms with van der Waals surface area (Å²) in [4.78, 5) is 28.3. The summed E-state index contributed by atoms with van der Waals surface area (Å²) in [5.41, 5.74) is 3.65. The SMILES string of the molecule is Cn1c(=O)c2c(nc(N)n2Cc2ccccc2C(F)(F)F)n(C)c1=O. The lowest BCUT2D eigenvalue weighted by molar-refractivity contribution is -0.138. The van der Waals surface area contributed by atoms with Crippen LogP contribution in [0.2, 0.25) is 0 Å². The van der Waals surface area contributed by atoms with E-state index in [4.69, 9.17) is 5.73 Å². The number of imidazole rings is 1. The van der Waals surface area contributed by atoms with Crippen LogP contribution in [-0.2, 0) is 26.8 Å². The van der Waals surface area contributed by atoms with Crippen molar-refractivity contribution in [1.29, 1.82) is 0 Å². The number of aryl methyl sites for hydroxylation is 1. The summed E-state index contributed by atoms with van der Waals surface area (Å²) in [5.74, 6) is -0.148. The van der Waals surface area contributed by atoms with Crippen LogP contribution in [0.4, 0.5) is 19.1 Å². The molecule has 0 aliphatic rings. The first-order valence-corrected chi connectivity index (χ1v) is 7.19. The lowest BCUT2D eigenvalue weighted by Gasteiger charge is -2.14. The Morgan fingerprint density at radius 1 is 1.12 bits per heavy atom. The Kier molecular flexibility index (Phi) is 3.70. The summed E-state index contributed by atoms with van der Waals surface area (Å²) in [7, 11) is 2.69. The summed E-state index contributed by atoms with van der Waals surface area (Å²) < 4.78 is 42.7. The van der Waals surface area contributed by atoms with E-state index in [9.17, 15) is 22.8 Å². The second-order valence-corrected chi connectivity index (χ2v) is 5.59. The van der Waals surface area contributed by atoms with Crippen molar-refractivity contribution in [3.8, 4) is 0 Å². The Balaban J connectivity index is 2.28. The average molecular weight is 353 g/mol. The third-order valence-electron chi connectivity index (χ3n) is 4.03. The van der Waals surface area contributed by atoms with E-state index >= 15 is 0 Å². The number of nitrogens with zero attached hydrogens (tertiary/aromatic N) is 4. The molecule has 0 aliphatic carbocycles. The summed E-state index contributed by atoms with van der Waals surface area (Å²) >= 11 is 0. The average Bonchev–Trinajstić information content (AvgIpc) is 2.87. The summed E-state index contributed by atoms with van der Waals surface area (Å²) in [5, 5.41) is 0. The zero-order valence-electron chi connectivity index (χ0n) is 13.3. The van der Waals surface area contributed by atoms with Gasteiger partial charge in [-0.1, -0.05) is 18.2 Å². The summed E-state index contributed by atoms with van der Waals surface area (Å²) in [6.45, 7) is -0.300. The van der Waals surface area contributed by atoms with Gasteiger partial charge in [0.2, 0.25) is 5.95 Å². The number of benzene rings is 1. The van der Waals surface area contributed by atoms with Gasteiger partial charge in [0, 0.05) is 14.1 Å². The number of nitrogens with two attached hydrogens (primary N) is 1. The molecule has 3 rings (SSSR count). The lowest BCUT2D eigenvalue weighted by Crippen LogP contribution is -2.37. The number of rotatable bonds is 2. The maximum atomic E-state index is 13.2. The quantitative estimate of drug-likeness (QED) is 0.747. The second-order valence-electron chi connectivity index (χ2n) is 5.59. The maximum Gasteiger partial charge on any atom is 0.416 e. The van der Waals surface area contributed by atoms with E-state index in [1.54, 1.807) is 0 Å². The molecule has 132 valence electrons. The Morgan fingerprint density at radius 3 is 2.40 bits per heavy atom. The van der Waals surface area contributed by atoms with Gasteiger partial charge in [-0.05, 0) is 11.6 Å². The molecular formula is C15H14F3N5O2. The van der Waals surface area contributed by atoms with Crippen LogP contribution >= 0.6 is 0 Å². The van der Waals surface area contributed by atoms with Gasteiger partial charge in [0.15, 0.2) is 11.2 Å². The third kappa shape index (κ3) is 2.59. The van der Waals surface area contributed by atoms with Crippen LogP contribution in [0.5, 0.6) is 0 Å². The van der Waals surface area contributed by atoms with E-state index in [-0.39, 0.29) is 29.2 Å². The molecule has 25 heavy (non-hydrogen) atoms. The molecular weight excluding hydrogens is 339 g/mol. The van der Waals surface area contributed by atoms with Crippen LogP contribution in [-0.4, -0.2) is 18.7 Å². The van der Waals surface area contributed by atoms with Crippen LogP contribution in [0.25, 0.3) is 11.2 Å². The van der Waals surface area contributed by atoms with Crippen molar-refractivity contribution in [1.82, 2.24) is 18.7 Å². The molecule has 0 aliphatic heterocycles. The van der Waals surface area contributed by atoms with Gasteiger partial charge in [-0.25, -0.2) is 4.79 Å². The zero-order chi connectivity index (χ0) is 18.5. The van der Waals surface area contributed by atoms with E-state index in [1.807, 2.05) is 0 Å². The molecule has 0 saturated heterocycles. The number of anilines is 1. The van der Waals surface area contributed by atoms with Crippen molar-refractivity contribution in [2.24, 2.45) is 14.1 Å². The van der Waals surface area contributed by atoms with Gasteiger partial charge in [0.1, 0.15) is 0 Å². The van der Waals surface area contributed by atoms with Gasteiger partial charge in [-0.15, -0.1) is 0 Å². The molecule has 1 aromatic carbocycles. The number of alkyl halides is 3. The van der Waals surface area contributed by atoms with Crippen LogP contribution < -0.4 is 17.0 Å². The fourth-order valence-corrected chi connectivity index (χ4v) is 2.73. The molecule has 0 atom stereocenters. The van der Waals surface area contributed by atoms with Crippen molar-refractivity contribution in [2.45, 2.75) is 12.7 Å². The highest BCUT2D eigenvalue weighted by atomic mass is 19.4. The maximum absolute atomic E-state index is 13.2. The number of nitrogen functional groups attached to an aromatic ring is 1. The monoisotopic (exact) mass is 353 g/mol. The molecule has 10 heteroatoms. The first kappa shape index (κ1) is 16.8. The normalized spacial score (nSPS) is 12.0. The highest BCUT2D eigenvalue weighted by Crippen LogP contribution is 2.32. The van der Waals surface area contributed by atoms with Crippen LogP contribution in [0.3, 0.4) is 0 Å². The minimum atomic E-state index is -4.54. The fourth-order valence-electron chi connectivity index (χ4n) is 2.73. The van der Waals surface area contributed by atoms with Gasteiger partial charge >= 0.3 is 11.9 Å². The Hall–Kier alpha value is -3.04. The minimum Gasteiger partial charge on any atom is -0.369 e. The van der Waals surface area contributed by atoms with Crippen LogP contribution in [0.15, 0.2) is 33.9 Å². The van der Waals surface area contributed by atoms with E-state index in [1.165, 1.54) is 36.9 Å². The molecule has 2 heterocycles. The number of fused-ring (bicyclic) bond motifs is 1. The molecule has 0 unspecified atom stereocenters. The predicted molar refractivity (Wildman–Crippen MR) is 85.2 cm³/mol. The van der Waals surface area contributed by atoms with Gasteiger partial charge in [0.25, 0.3) is 5.56 Å². The van der Waals surface area contributed by atoms with Gasteiger partial charge in [-0.3, -0.25) is 13.9 Å². The Morgan fingerprint density at radius 2 is 1.76 bits per heavy atom. The molecule has 0 fully saturated rings. The molecule has 0 amide bonds. The molecule has 2 aromatic heterocycles. The lowest BCUT2D eigenvalue weighted by atomic mass is 10.1. The van der Waals surface area contributed by atoms with Crippen molar-refractivity contribution in [3.05, 3.63) is 56.2 Å². The van der Waals surface area contributed by atoms with E-state index < -0.39 is 23.0 Å². The highest BCUT2D eigenvalue weighted by molar-refractivity contribution is 5.73. The summed E-state index contributed by atoms with van der Waals surface area (Å²) in [6.07, 6.45) is -4.54. The minimum absolute atomic E-state index is 0.0232. The molecule has 0 bridgehead atoms. The molecule has 0 spiro atoms. The largest absolute Gasteiger partial charge is 0.416 e. The van der Waals surface area contributed by atoms with Crippen LogP contribution in [0.1, 0.15) is 11.1 Å². The van der Waals surface area contributed by atoms with Crippen molar-refractivity contribution < 1.29 is 13.2 Å². The Bertz CT molecular complexity index is 1090. The van der Waals surface area contributed by atoms with Crippen molar-refractivity contribution >= 4 is 17.1 Å². The smallest absolute Gasteiger partial charge is 0.369 e. The molecule has 3 aromatic rings. The van der Waals surface area contributed by atoms with Gasteiger partial charge < -0.3 is 10.3 Å². The van der Waals surface area contributed by atoms with Gasteiger partial charge in [0.05, 0.1) is 12.1 Å². The Labute approximate surface area is 138 Å². The number of hydrogen-bond donors (Lipinski definition) is 1. The number of halogens is 3. The van der Waals surface area contributed by atoms with Gasteiger partial charge in [-0.2, -0.15) is 18.2 Å². The predicted octanol–water partition coefficient (Wildman–Crippen LogP) is 1.08. The van der Waals surface area contributed by atoms with E-state index in [2.05, 4.69) is 4.98 Å². The second kappa shape index (κ2) is 5.50. The standard InChI is InChI=1S/C15H14F3N5O2/c1-21-11-10(12(24)22(2)14(21)25)23(13(19)20-11)7-8-5-3-4-6-9(8)15(16,17)18/h3-6H,7H2,1-2H3,(H2,19,20). The van der Waals surface area contributed by atoms with Crippen molar-refractivity contribution in [3.63, 3.8) is 0 Å². The molecule has 2 N–H and O–H groups in total. The first-order chi connectivity index (χ1) is 11.6. The molecule has 7 nitrogen and oxygen atoms in total. The number of hydrogen-bond acceptors (Lipinski definition) is 4. The van der Waals surface area contributed by atoms with Crippen LogP contribution in [0, 0.1) is 0 Å². The van der Waals surface area contributed by atoms with E-state index in [0.29, 0.717) is 0 Å². The number of aromatic nitrogens is 4. The fraction of sp³-hybridized carbons (Fsp3) is 0.267. The first-order valence-electron chi connectivity index (χ1n) is 7.19. The van der Waals surface area contributed by atoms with E-state index in [0.717, 1.165) is 15.2 Å². The zero-order valence-corrected chi connectivity index (χ0v) is 13.3. The topological polar surface area (TPSA) is 87.8 Å². The van der Waals surface area contributed by atoms with Crippen molar-refractivity contribution in [2.75, 3.05) is 5.73 Å².